The average Bonchev–Trinajstić information content (AvgIpc) is 3.71. The Balaban J connectivity index is 1.08. The number of carbonyl (C=O) groups excluding carboxylic acids is 2. The smallest absolute Gasteiger partial charge is 0.258 e. The maximum Gasteiger partial charge on any atom is 0.258 e. The summed E-state index contributed by atoms with van der Waals surface area (Å²) >= 11 is 1.62. The van der Waals surface area contributed by atoms with Crippen molar-refractivity contribution >= 4 is 39.3 Å². The minimum absolute atomic E-state index is 0.214. The van der Waals surface area contributed by atoms with Gasteiger partial charge in [-0.3, -0.25) is 19.5 Å². The van der Waals surface area contributed by atoms with Crippen molar-refractivity contribution < 1.29 is 9.59 Å². The fraction of sp³-hybridized carbons (Fsp3) is 0.333. The topological polar surface area (TPSA) is 83.4 Å². The summed E-state index contributed by atoms with van der Waals surface area (Å²) in [6, 6.07) is 24.3. The number of para-hydroxylation sites is 1. The number of aromatic nitrogens is 3. The Morgan fingerprint density at radius 2 is 1.73 bits per heavy atom. The second-order valence-electron chi connectivity index (χ2n) is 12.0. The van der Waals surface area contributed by atoms with Crippen molar-refractivity contribution in [2.45, 2.75) is 51.0 Å². The van der Waals surface area contributed by atoms with Crippen molar-refractivity contribution in [3.63, 3.8) is 0 Å². The molecule has 2 aromatic heterocycles. The maximum absolute atomic E-state index is 13.5. The fourth-order valence-electron chi connectivity index (χ4n) is 6.02. The lowest BCUT2D eigenvalue weighted by Crippen LogP contribution is -2.44. The molecule has 1 aliphatic heterocycles. The third kappa shape index (κ3) is 7.49. The van der Waals surface area contributed by atoms with E-state index in [9.17, 15) is 9.59 Å². The van der Waals surface area contributed by atoms with E-state index in [-0.39, 0.29) is 11.8 Å². The molecule has 0 bridgehead atoms. The van der Waals surface area contributed by atoms with Gasteiger partial charge in [-0.05, 0) is 93.7 Å². The summed E-state index contributed by atoms with van der Waals surface area (Å²) < 4.78 is 3.08. The molecule has 9 heteroatoms. The van der Waals surface area contributed by atoms with Crippen LogP contribution < -0.4 is 5.32 Å². The van der Waals surface area contributed by atoms with E-state index in [1.54, 1.807) is 11.3 Å². The zero-order valence-corrected chi connectivity index (χ0v) is 26.8. The van der Waals surface area contributed by atoms with Gasteiger partial charge in [0.1, 0.15) is 0 Å². The molecule has 3 aromatic carbocycles. The number of unbranched alkanes of at least 4 members (excludes halogenated alkanes) is 2. The van der Waals surface area contributed by atoms with Crippen LogP contribution in [0.15, 0.2) is 84.5 Å². The number of piperidine rings is 1. The molecule has 1 fully saturated rings. The van der Waals surface area contributed by atoms with Gasteiger partial charge in [0.2, 0.25) is 11.9 Å². The zero-order valence-electron chi connectivity index (χ0n) is 26.0. The fourth-order valence-corrected chi connectivity index (χ4v) is 6.68. The van der Waals surface area contributed by atoms with Crippen LogP contribution in [0.1, 0.15) is 54.6 Å². The normalized spacial score (nSPS) is 13.9. The van der Waals surface area contributed by atoms with Crippen LogP contribution >= 0.6 is 11.3 Å². The quantitative estimate of drug-likeness (QED) is 0.160. The van der Waals surface area contributed by atoms with Gasteiger partial charge < -0.3 is 9.80 Å². The summed E-state index contributed by atoms with van der Waals surface area (Å²) in [4.78, 5) is 39.8. The number of likely N-dealkylation sites (tertiary alicyclic amines) is 1. The highest BCUT2D eigenvalue weighted by molar-refractivity contribution is 7.16. The number of rotatable bonds is 11. The SMILES string of the molecule is CN(C)C1CCN(C(=O)CCCCCc2cn(-c3ccccc3)c(NC(=O)c3cccc(-c4ccc5scnc5c4)c3)n2)CC1. The summed E-state index contributed by atoms with van der Waals surface area (Å²) in [5, 5.41) is 3.06. The summed E-state index contributed by atoms with van der Waals surface area (Å²) in [6.07, 6.45) is 8.25. The highest BCUT2D eigenvalue weighted by Gasteiger charge is 2.23. The van der Waals surface area contributed by atoms with Crippen LogP contribution in [0.5, 0.6) is 0 Å². The van der Waals surface area contributed by atoms with E-state index in [2.05, 4.69) is 47.5 Å². The van der Waals surface area contributed by atoms with Gasteiger partial charge in [-0.15, -0.1) is 11.3 Å². The first kappa shape index (κ1) is 30.7. The Labute approximate surface area is 268 Å². The van der Waals surface area contributed by atoms with Gasteiger partial charge >= 0.3 is 0 Å². The highest BCUT2D eigenvalue weighted by atomic mass is 32.1. The van der Waals surface area contributed by atoms with Crippen LogP contribution in [0.2, 0.25) is 0 Å². The van der Waals surface area contributed by atoms with Crippen LogP contribution in [0.4, 0.5) is 5.95 Å². The molecule has 1 N–H and O–H groups in total. The number of nitrogens with one attached hydrogen (secondary N) is 1. The van der Waals surface area contributed by atoms with E-state index in [1.807, 2.05) is 75.8 Å². The molecule has 0 radical (unpaired) electrons. The lowest BCUT2D eigenvalue weighted by atomic mass is 10.0. The molecule has 0 saturated carbocycles. The average molecular weight is 621 g/mol. The molecule has 5 aromatic rings. The number of benzene rings is 3. The molecule has 0 aliphatic carbocycles. The molecule has 0 unspecified atom stereocenters. The highest BCUT2D eigenvalue weighted by Crippen LogP contribution is 2.27. The minimum atomic E-state index is -0.214. The Morgan fingerprint density at radius 3 is 2.53 bits per heavy atom. The predicted molar refractivity (Wildman–Crippen MR) is 182 cm³/mol. The number of carbonyl (C=O) groups is 2. The molecule has 3 heterocycles. The first-order chi connectivity index (χ1) is 21.9. The van der Waals surface area contributed by atoms with Gasteiger partial charge in [0.25, 0.3) is 5.91 Å². The Hall–Kier alpha value is -4.34. The standard InChI is InChI=1S/C36H40N6O2S/c1-40(2)30-18-20-41(21-19-30)34(43)15-8-3-5-12-29-24-42(31-13-6-4-7-14-31)36(38-29)39-35(44)28-11-9-10-26(22-28)27-16-17-33-32(23-27)37-25-45-33/h4,6-7,9-11,13-14,16-17,22-25,30H,3,5,8,12,15,18-21H2,1-2H3,(H,38,39,44). The summed E-state index contributed by atoms with van der Waals surface area (Å²) in [5.41, 5.74) is 7.19. The molecule has 0 spiro atoms. The molecule has 0 atom stereocenters. The van der Waals surface area contributed by atoms with E-state index in [0.29, 0.717) is 24.0 Å². The number of hydrogen-bond donors (Lipinski definition) is 1. The van der Waals surface area contributed by atoms with E-state index < -0.39 is 0 Å². The van der Waals surface area contributed by atoms with Gasteiger partial charge in [-0.2, -0.15) is 0 Å². The molecule has 6 rings (SSSR count). The lowest BCUT2D eigenvalue weighted by Gasteiger charge is -2.35. The van der Waals surface area contributed by atoms with Crippen LogP contribution in [0.25, 0.3) is 27.0 Å². The van der Waals surface area contributed by atoms with Crippen molar-refractivity contribution in [1.29, 1.82) is 0 Å². The van der Waals surface area contributed by atoms with Crippen molar-refractivity contribution in [3.8, 4) is 16.8 Å². The molecular weight excluding hydrogens is 581 g/mol. The Morgan fingerprint density at radius 1 is 0.933 bits per heavy atom. The Kier molecular flexibility index (Phi) is 9.66. The number of imidazole rings is 1. The molecule has 1 aliphatic rings. The summed E-state index contributed by atoms with van der Waals surface area (Å²) in [6.45, 7) is 1.72. The van der Waals surface area contributed by atoms with E-state index in [4.69, 9.17) is 4.98 Å². The molecule has 1 saturated heterocycles. The third-order valence-electron chi connectivity index (χ3n) is 8.68. The summed E-state index contributed by atoms with van der Waals surface area (Å²) in [7, 11) is 4.24. The van der Waals surface area contributed by atoms with Crippen molar-refractivity contribution in [3.05, 3.63) is 95.8 Å². The van der Waals surface area contributed by atoms with Crippen LogP contribution in [-0.4, -0.2) is 69.4 Å². The zero-order chi connectivity index (χ0) is 31.2. The number of hydrogen-bond acceptors (Lipinski definition) is 6. The second-order valence-corrected chi connectivity index (χ2v) is 12.9. The molecule has 45 heavy (non-hydrogen) atoms. The van der Waals surface area contributed by atoms with Crippen molar-refractivity contribution in [2.75, 3.05) is 32.5 Å². The van der Waals surface area contributed by atoms with Crippen molar-refractivity contribution in [2.24, 2.45) is 0 Å². The van der Waals surface area contributed by atoms with Crippen LogP contribution in [0.3, 0.4) is 0 Å². The molecular formula is C36H40N6O2S. The van der Waals surface area contributed by atoms with E-state index in [0.717, 1.165) is 84.3 Å². The number of aryl methyl sites for hydroxylation is 1. The van der Waals surface area contributed by atoms with Crippen molar-refractivity contribution in [1.82, 2.24) is 24.3 Å². The number of thiazole rings is 1. The largest absolute Gasteiger partial charge is 0.343 e. The van der Waals surface area contributed by atoms with Gasteiger partial charge in [-0.1, -0.05) is 42.8 Å². The van der Waals surface area contributed by atoms with Gasteiger partial charge in [0, 0.05) is 43.0 Å². The minimum Gasteiger partial charge on any atom is -0.343 e. The maximum atomic E-state index is 13.5. The summed E-state index contributed by atoms with van der Waals surface area (Å²) in [5.74, 6) is 0.555. The predicted octanol–water partition coefficient (Wildman–Crippen LogP) is 7.06. The number of nitrogens with zero attached hydrogens (tertiary/aromatic N) is 5. The first-order valence-corrected chi connectivity index (χ1v) is 16.7. The molecule has 8 nitrogen and oxygen atoms in total. The van der Waals surface area contributed by atoms with Crippen LogP contribution in [0, 0.1) is 0 Å². The van der Waals surface area contributed by atoms with Gasteiger partial charge in [0.05, 0.1) is 21.4 Å². The number of fused-ring (bicyclic) bond motifs is 1. The van der Waals surface area contributed by atoms with Gasteiger partial charge in [0.15, 0.2) is 0 Å². The van der Waals surface area contributed by atoms with E-state index in [1.165, 1.54) is 0 Å². The third-order valence-corrected chi connectivity index (χ3v) is 9.49. The number of anilines is 1. The molecule has 232 valence electrons. The van der Waals surface area contributed by atoms with Gasteiger partial charge in [-0.25, -0.2) is 9.97 Å². The first-order valence-electron chi connectivity index (χ1n) is 15.8. The monoisotopic (exact) mass is 620 g/mol. The van der Waals surface area contributed by atoms with Crippen LogP contribution in [-0.2, 0) is 11.2 Å². The van der Waals surface area contributed by atoms with E-state index >= 15 is 0 Å². The number of amides is 2. The lowest BCUT2D eigenvalue weighted by molar-refractivity contribution is -0.132. The Bertz CT molecular complexity index is 1750. The second kappa shape index (κ2) is 14.2. The molecule has 2 amide bonds.